The van der Waals surface area contributed by atoms with Crippen molar-refractivity contribution in [1.29, 1.82) is 0 Å². The summed E-state index contributed by atoms with van der Waals surface area (Å²) in [6, 6.07) is 6.27. The van der Waals surface area contributed by atoms with Gasteiger partial charge in [-0.25, -0.2) is 18.4 Å². The fraction of sp³-hybridized carbons (Fsp3) is 0.450. The van der Waals surface area contributed by atoms with Gasteiger partial charge in [-0.15, -0.1) is 0 Å². The monoisotopic (exact) mass is 448 g/mol. The SMILES string of the molecule is Cc1nc2c(c(SCC(=O)Nc3ccc(S(=O)(=O)N4CCOCC4)cc3)n1)CCC2. The lowest BCUT2D eigenvalue weighted by atomic mass is 10.3. The predicted octanol–water partition coefficient (Wildman–Crippen LogP) is 2.03. The largest absolute Gasteiger partial charge is 0.379 e. The molecule has 2 heterocycles. The molecule has 0 atom stereocenters. The second-order valence-electron chi connectivity index (χ2n) is 7.23. The normalized spacial score (nSPS) is 17.0. The zero-order valence-corrected chi connectivity index (χ0v) is 18.4. The standard InChI is InChI=1S/C20H24N4O4S2/c1-14-21-18-4-2-3-17(18)20(22-14)29-13-19(25)23-15-5-7-16(8-6-15)30(26,27)24-9-11-28-12-10-24/h5-8H,2-4,9-13H2,1H3,(H,23,25). The maximum absolute atomic E-state index is 12.7. The molecule has 8 nitrogen and oxygen atoms in total. The van der Waals surface area contributed by atoms with E-state index in [1.807, 2.05) is 6.92 Å². The highest BCUT2D eigenvalue weighted by molar-refractivity contribution is 8.00. The van der Waals surface area contributed by atoms with Gasteiger partial charge in [0.05, 0.1) is 23.9 Å². The fourth-order valence-corrected chi connectivity index (χ4v) is 5.95. The van der Waals surface area contributed by atoms with E-state index in [0.717, 1.165) is 41.4 Å². The molecule has 4 rings (SSSR count). The van der Waals surface area contributed by atoms with Crippen LogP contribution in [0.3, 0.4) is 0 Å². The topological polar surface area (TPSA) is 101 Å². The van der Waals surface area contributed by atoms with Crippen LogP contribution in [0.15, 0.2) is 34.2 Å². The number of nitrogens with zero attached hydrogens (tertiary/aromatic N) is 3. The molecule has 1 aromatic carbocycles. The van der Waals surface area contributed by atoms with Gasteiger partial charge in [-0.3, -0.25) is 4.79 Å². The highest BCUT2D eigenvalue weighted by atomic mass is 32.2. The molecule has 1 aliphatic heterocycles. The highest BCUT2D eigenvalue weighted by Crippen LogP contribution is 2.29. The van der Waals surface area contributed by atoms with Crippen LogP contribution in [0.1, 0.15) is 23.5 Å². The highest BCUT2D eigenvalue weighted by Gasteiger charge is 2.26. The molecule has 10 heteroatoms. The molecule has 0 saturated carbocycles. The molecule has 0 radical (unpaired) electrons. The van der Waals surface area contributed by atoms with Gasteiger partial charge in [0, 0.05) is 30.0 Å². The number of anilines is 1. The van der Waals surface area contributed by atoms with Crippen LogP contribution in [0.2, 0.25) is 0 Å². The van der Waals surface area contributed by atoms with Gasteiger partial charge in [0.25, 0.3) is 0 Å². The van der Waals surface area contributed by atoms with Gasteiger partial charge in [0.2, 0.25) is 15.9 Å². The van der Waals surface area contributed by atoms with Crippen LogP contribution < -0.4 is 5.32 Å². The van der Waals surface area contributed by atoms with Gasteiger partial charge >= 0.3 is 0 Å². The maximum atomic E-state index is 12.7. The average Bonchev–Trinajstić information content (AvgIpc) is 3.21. The lowest BCUT2D eigenvalue weighted by Gasteiger charge is -2.26. The van der Waals surface area contributed by atoms with Crippen LogP contribution in [0.25, 0.3) is 0 Å². The number of aryl methyl sites for hydroxylation is 2. The molecule has 0 spiro atoms. The van der Waals surface area contributed by atoms with Crippen molar-refractivity contribution in [1.82, 2.24) is 14.3 Å². The first-order chi connectivity index (χ1) is 14.4. The number of aromatic nitrogens is 2. The van der Waals surface area contributed by atoms with E-state index in [9.17, 15) is 13.2 Å². The van der Waals surface area contributed by atoms with Crippen molar-refractivity contribution < 1.29 is 17.9 Å². The molecular weight excluding hydrogens is 424 g/mol. The molecule has 1 saturated heterocycles. The Bertz CT molecular complexity index is 1040. The smallest absolute Gasteiger partial charge is 0.243 e. The summed E-state index contributed by atoms with van der Waals surface area (Å²) in [7, 11) is -3.54. The molecule has 2 aromatic rings. The lowest BCUT2D eigenvalue weighted by molar-refractivity contribution is -0.113. The molecule has 0 unspecified atom stereocenters. The molecule has 160 valence electrons. The molecule has 1 aromatic heterocycles. The predicted molar refractivity (Wildman–Crippen MR) is 114 cm³/mol. The molecule has 0 bridgehead atoms. The number of ether oxygens (including phenoxy) is 1. The van der Waals surface area contributed by atoms with E-state index in [0.29, 0.717) is 32.0 Å². The van der Waals surface area contributed by atoms with Crippen LogP contribution in [0, 0.1) is 6.92 Å². The fourth-order valence-electron chi connectivity index (χ4n) is 3.61. The minimum absolute atomic E-state index is 0.160. The summed E-state index contributed by atoms with van der Waals surface area (Å²) < 4.78 is 32.0. The Morgan fingerprint density at radius 1 is 1.17 bits per heavy atom. The zero-order chi connectivity index (χ0) is 21.1. The van der Waals surface area contributed by atoms with Gasteiger partial charge in [0.15, 0.2) is 0 Å². The quantitative estimate of drug-likeness (QED) is 0.533. The summed E-state index contributed by atoms with van der Waals surface area (Å²) in [5, 5.41) is 3.71. The van der Waals surface area contributed by atoms with E-state index >= 15 is 0 Å². The van der Waals surface area contributed by atoms with E-state index in [4.69, 9.17) is 4.74 Å². The molecule has 1 fully saturated rings. The number of nitrogens with one attached hydrogen (secondary N) is 1. The molecule has 2 aliphatic rings. The number of sulfonamides is 1. The van der Waals surface area contributed by atoms with Crippen LogP contribution >= 0.6 is 11.8 Å². The first kappa shape index (κ1) is 21.2. The maximum Gasteiger partial charge on any atom is 0.243 e. The summed E-state index contributed by atoms with van der Waals surface area (Å²) in [5.41, 5.74) is 2.82. The number of hydrogen-bond donors (Lipinski definition) is 1. The number of rotatable bonds is 6. The number of amides is 1. The minimum Gasteiger partial charge on any atom is -0.379 e. The Balaban J connectivity index is 1.36. The number of morpholine rings is 1. The van der Waals surface area contributed by atoms with Gasteiger partial charge in [-0.1, -0.05) is 11.8 Å². The number of fused-ring (bicyclic) bond motifs is 1. The summed E-state index contributed by atoms with van der Waals surface area (Å²) in [6.07, 6.45) is 3.00. The van der Waals surface area contributed by atoms with E-state index in [1.165, 1.54) is 28.2 Å². The Labute approximate surface area is 180 Å². The summed E-state index contributed by atoms with van der Waals surface area (Å²) in [6.45, 7) is 3.38. The third-order valence-corrected chi connectivity index (χ3v) is 8.02. The Hall–Kier alpha value is -2.01. The number of thioether (sulfide) groups is 1. The first-order valence-corrected chi connectivity index (χ1v) is 12.3. The lowest BCUT2D eigenvalue weighted by Crippen LogP contribution is -2.40. The van der Waals surface area contributed by atoms with Gasteiger partial charge < -0.3 is 10.1 Å². The van der Waals surface area contributed by atoms with Crippen molar-refractivity contribution in [3.05, 3.63) is 41.3 Å². The second-order valence-corrected chi connectivity index (χ2v) is 10.1. The van der Waals surface area contributed by atoms with Crippen LogP contribution in [-0.2, 0) is 32.4 Å². The second kappa shape index (κ2) is 9.01. The molecule has 1 N–H and O–H groups in total. The molecule has 1 aliphatic carbocycles. The van der Waals surface area contributed by atoms with Gasteiger partial charge in [-0.05, 0) is 50.5 Å². The van der Waals surface area contributed by atoms with Crippen LogP contribution in [0.4, 0.5) is 5.69 Å². The first-order valence-electron chi connectivity index (χ1n) is 9.90. The molecular formula is C20H24N4O4S2. The van der Waals surface area contributed by atoms with E-state index in [1.54, 1.807) is 12.1 Å². The zero-order valence-electron chi connectivity index (χ0n) is 16.8. The third kappa shape index (κ3) is 4.66. The van der Waals surface area contributed by atoms with Crippen molar-refractivity contribution in [3.8, 4) is 0 Å². The van der Waals surface area contributed by atoms with Crippen molar-refractivity contribution >= 4 is 33.4 Å². The Morgan fingerprint density at radius 2 is 1.90 bits per heavy atom. The Kier molecular flexibility index (Phi) is 6.37. The summed E-state index contributed by atoms with van der Waals surface area (Å²) >= 11 is 1.42. The minimum atomic E-state index is -3.54. The number of carbonyl (C=O) groups is 1. The van der Waals surface area contributed by atoms with Crippen LogP contribution in [-0.4, -0.2) is 60.7 Å². The molecule has 30 heavy (non-hydrogen) atoms. The number of hydrogen-bond acceptors (Lipinski definition) is 7. The third-order valence-electron chi connectivity index (χ3n) is 5.09. The van der Waals surface area contributed by atoms with Crippen LogP contribution in [0.5, 0.6) is 0 Å². The van der Waals surface area contributed by atoms with E-state index in [-0.39, 0.29) is 16.6 Å². The van der Waals surface area contributed by atoms with Gasteiger partial charge in [0.1, 0.15) is 10.9 Å². The number of benzene rings is 1. The summed E-state index contributed by atoms with van der Waals surface area (Å²) in [5.74, 6) is 0.805. The average molecular weight is 449 g/mol. The van der Waals surface area contributed by atoms with E-state index in [2.05, 4.69) is 15.3 Å². The van der Waals surface area contributed by atoms with Crippen molar-refractivity contribution in [2.45, 2.75) is 36.1 Å². The Morgan fingerprint density at radius 3 is 2.63 bits per heavy atom. The van der Waals surface area contributed by atoms with Crippen molar-refractivity contribution in [2.24, 2.45) is 0 Å². The van der Waals surface area contributed by atoms with Gasteiger partial charge in [-0.2, -0.15) is 4.31 Å². The van der Waals surface area contributed by atoms with E-state index < -0.39 is 10.0 Å². The molecule has 1 amide bonds. The summed E-state index contributed by atoms with van der Waals surface area (Å²) in [4.78, 5) is 21.6. The van der Waals surface area contributed by atoms with Crippen molar-refractivity contribution in [3.63, 3.8) is 0 Å². The number of carbonyl (C=O) groups excluding carboxylic acids is 1. The van der Waals surface area contributed by atoms with Crippen molar-refractivity contribution in [2.75, 3.05) is 37.4 Å².